The van der Waals surface area contributed by atoms with Crippen molar-refractivity contribution in [2.75, 3.05) is 38.1 Å². The molecule has 1 aliphatic heterocycles. The van der Waals surface area contributed by atoms with Crippen molar-refractivity contribution in [3.63, 3.8) is 0 Å². The second-order valence-corrected chi connectivity index (χ2v) is 8.14. The molecule has 1 fully saturated rings. The van der Waals surface area contributed by atoms with Gasteiger partial charge in [-0.05, 0) is 18.2 Å². The van der Waals surface area contributed by atoms with Crippen LogP contribution in [0.3, 0.4) is 0 Å². The molecule has 4 heterocycles. The van der Waals surface area contributed by atoms with Crippen LogP contribution in [0.2, 0.25) is 0 Å². The van der Waals surface area contributed by atoms with Crippen molar-refractivity contribution in [2.45, 2.75) is 6.54 Å². The van der Waals surface area contributed by atoms with Crippen LogP contribution < -0.4 is 15.8 Å². The Morgan fingerprint density at radius 1 is 1.20 bits per heavy atom. The molecular weight excluding hydrogens is 458 g/mol. The number of hydrogen-bond donors (Lipinski definition) is 2. The summed E-state index contributed by atoms with van der Waals surface area (Å²) in [5.41, 5.74) is 0.728. The quantitative estimate of drug-likeness (QED) is 0.344. The number of benzene rings is 1. The lowest BCUT2D eigenvalue weighted by Crippen LogP contribution is -2.46. The third kappa shape index (κ3) is 3.85. The zero-order valence-corrected chi connectivity index (χ0v) is 18.7. The molecule has 3 aromatic heterocycles. The highest BCUT2D eigenvalue weighted by Gasteiger charge is 2.23. The molecule has 0 radical (unpaired) electrons. The Hall–Kier alpha value is -4.37. The van der Waals surface area contributed by atoms with Crippen LogP contribution in [-0.2, 0) is 6.54 Å². The van der Waals surface area contributed by atoms with Gasteiger partial charge in [-0.1, -0.05) is 6.07 Å². The van der Waals surface area contributed by atoms with Gasteiger partial charge < -0.3 is 15.2 Å². The number of aromatic amines is 1. The van der Waals surface area contributed by atoms with E-state index in [1.807, 2.05) is 9.80 Å². The summed E-state index contributed by atoms with van der Waals surface area (Å²) in [6.45, 7) is 9.58. The van der Waals surface area contributed by atoms with Gasteiger partial charge in [0.25, 0.3) is 11.5 Å². The largest absolute Gasteiger partial charge is 0.365 e. The van der Waals surface area contributed by atoms with E-state index >= 15 is 4.39 Å². The summed E-state index contributed by atoms with van der Waals surface area (Å²) in [6, 6.07) is 6.33. The van der Waals surface area contributed by atoms with E-state index in [1.165, 1.54) is 29.9 Å². The molecule has 1 aromatic carbocycles. The lowest BCUT2D eigenvalue weighted by molar-refractivity contribution is 0.0957. The van der Waals surface area contributed by atoms with E-state index in [-0.39, 0.29) is 22.4 Å². The van der Waals surface area contributed by atoms with Crippen molar-refractivity contribution >= 4 is 33.8 Å². The highest BCUT2D eigenvalue weighted by molar-refractivity contribution is 5.92. The Morgan fingerprint density at radius 3 is 2.66 bits per heavy atom. The van der Waals surface area contributed by atoms with Gasteiger partial charge in [0.15, 0.2) is 5.82 Å². The van der Waals surface area contributed by atoms with Crippen LogP contribution in [0.25, 0.3) is 21.4 Å². The van der Waals surface area contributed by atoms with Gasteiger partial charge in [0.2, 0.25) is 11.6 Å². The zero-order valence-electron chi connectivity index (χ0n) is 18.7. The summed E-state index contributed by atoms with van der Waals surface area (Å²) in [7, 11) is 1.45. The molecule has 178 valence electrons. The number of fused-ring (bicyclic) bond motifs is 3. The SMILES string of the molecule is [C-]#[N+]c1cnn2c1c(=O)[nH]c1c(F)c(CN3CCN(c4ccc(C(=O)NC)nc4F)CC3)ccc12. The number of carbonyl (C=O) groups is 1. The first-order valence-corrected chi connectivity index (χ1v) is 10.9. The Kier molecular flexibility index (Phi) is 5.62. The Balaban J connectivity index is 1.33. The summed E-state index contributed by atoms with van der Waals surface area (Å²) >= 11 is 0. The number of nitrogens with zero attached hydrogens (tertiary/aromatic N) is 6. The summed E-state index contributed by atoms with van der Waals surface area (Å²) in [5.74, 6) is -1.72. The molecule has 0 saturated carbocycles. The number of pyridine rings is 1. The van der Waals surface area contributed by atoms with Gasteiger partial charge in [0.05, 0.1) is 24.0 Å². The second-order valence-electron chi connectivity index (χ2n) is 8.14. The molecule has 4 aromatic rings. The van der Waals surface area contributed by atoms with Crippen LogP contribution >= 0.6 is 0 Å². The monoisotopic (exact) mass is 478 g/mol. The van der Waals surface area contributed by atoms with Gasteiger partial charge in [-0.3, -0.25) is 14.5 Å². The third-order valence-corrected chi connectivity index (χ3v) is 6.15. The molecule has 0 bridgehead atoms. The number of rotatable bonds is 4. The number of carbonyl (C=O) groups excluding carboxylic acids is 1. The standard InChI is InChI=1S/C23H20F2N8O2/c1-26-15-11-28-33-16-5-3-13(18(24)19(16)30-23(35)20(15)33)12-31-7-9-32(10-8-31)17-6-4-14(22(34)27-2)29-21(17)25/h3-6,11H,7-10,12H2,2H3,(H,27,34)(H,30,35). The average molecular weight is 478 g/mol. The number of hydrogen-bond acceptors (Lipinski definition) is 6. The van der Waals surface area contributed by atoms with Crippen molar-refractivity contribution in [1.82, 2.24) is 29.8 Å². The summed E-state index contributed by atoms with van der Waals surface area (Å²) in [5, 5.41) is 6.48. The van der Waals surface area contributed by atoms with Crippen LogP contribution in [0.1, 0.15) is 16.1 Å². The molecular formula is C23H20F2N8O2. The Labute approximate surface area is 197 Å². The number of H-pyrrole nitrogens is 1. The van der Waals surface area contributed by atoms with Crippen molar-refractivity contribution in [2.24, 2.45) is 0 Å². The van der Waals surface area contributed by atoms with Gasteiger partial charge in [-0.2, -0.15) is 9.49 Å². The van der Waals surface area contributed by atoms with Gasteiger partial charge in [0.1, 0.15) is 16.7 Å². The first-order valence-electron chi connectivity index (χ1n) is 10.9. The Morgan fingerprint density at radius 2 is 1.97 bits per heavy atom. The molecule has 2 N–H and O–H groups in total. The molecule has 1 amide bonds. The minimum atomic E-state index is -0.713. The maximum absolute atomic E-state index is 15.3. The molecule has 0 unspecified atom stereocenters. The number of halogens is 2. The molecule has 0 atom stereocenters. The lowest BCUT2D eigenvalue weighted by atomic mass is 10.1. The maximum Gasteiger partial charge on any atom is 0.269 e. The summed E-state index contributed by atoms with van der Waals surface area (Å²) in [4.78, 5) is 37.6. The molecule has 35 heavy (non-hydrogen) atoms. The van der Waals surface area contributed by atoms with E-state index in [0.717, 1.165) is 0 Å². The number of amides is 1. The van der Waals surface area contributed by atoms with E-state index < -0.39 is 23.2 Å². The predicted molar refractivity (Wildman–Crippen MR) is 125 cm³/mol. The van der Waals surface area contributed by atoms with Crippen LogP contribution in [0.4, 0.5) is 20.2 Å². The molecule has 1 saturated heterocycles. The van der Waals surface area contributed by atoms with Gasteiger partial charge in [-0.15, -0.1) is 0 Å². The van der Waals surface area contributed by atoms with Crippen molar-refractivity contribution < 1.29 is 13.6 Å². The highest BCUT2D eigenvalue weighted by atomic mass is 19.1. The second kappa shape index (κ2) is 8.77. The molecule has 0 aliphatic carbocycles. The van der Waals surface area contributed by atoms with E-state index in [9.17, 15) is 14.0 Å². The topological polar surface area (TPSA) is 103 Å². The van der Waals surface area contributed by atoms with Crippen molar-refractivity contribution in [3.8, 4) is 0 Å². The van der Waals surface area contributed by atoms with Crippen LogP contribution in [-0.4, -0.2) is 63.6 Å². The number of nitrogens with one attached hydrogen (secondary N) is 2. The number of piperazine rings is 1. The van der Waals surface area contributed by atoms with Gasteiger partial charge in [-0.25, -0.2) is 18.7 Å². The molecule has 1 aliphatic rings. The van der Waals surface area contributed by atoms with Crippen molar-refractivity contribution in [3.05, 3.63) is 75.3 Å². The first kappa shape index (κ1) is 22.4. The van der Waals surface area contributed by atoms with E-state index in [1.54, 1.807) is 12.1 Å². The average Bonchev–Trinajstić information content (AvgIpc) is 3.31. The van der Waals surface area contributed by atoms with E-state index in [4.69, 9.17) is 6.57 Å². The molecule has 12 heteroatoms. The van der Waals surface area contributed by atoms with E-state index in [0.29, 0.717) is 49.5 Å². The van der Waals surface area contributed by atoms with Crippen LogP contribution in [0.5, 0.6) is 0 Å². The van der Waals surface area contributed by atoms with Gasteiger partial charge in [0, 0.05) is 45.3 Å². The van der Waals surface area contributed by atoms with Gasteiger partial charge >= 0.3 is 0 Å². The fraction of sp³-hybridized carbons (Fsp3) is 0.261. The number of anilines is 1. The molecule has 0 spiro atoms. The van der Waals surface area contributed by atoms with Crippen LogP contribution in [0.15, 0.2) is 35.3 Å². The summed E-state index contributed by atoms with van der Waals surface area (Å²) < 4.78 is 31.1. The maximum atomic E-state index is 15.3. The molecule has 10 nitrogen and oxygen atoms in total. The first-order chi connectivity index (χ1) is 16.9. The van der Waals surface area contributed by atoms with Crippen molar-refractivity contribution in [1.29, 1.82) is 0 Å². The summed E-state index contributed by atoms with van der Waals surface area (Å²) in [6.07, 6.45) is 1.28. The fourth-order valence-corrected chi connectivity index (χ4v) is 4.32. The minimum absolute atomic E-state index is 0.00917. The highest BCUT2D eigenvalue weighted by Crippen LogP contribution is 2.25. The number of aromatic nitrogens is 4. The predicted octanol–water partition coefficient (Wildman–Crippen LogP) is 2.08. The molecule has 5 rings (SSSR count). The third-order valence-electron chi connectivity index (χ3n) is 6.15. The lowest BCUT2D eigenvalue weighted by Gasteiger charge is -2.36. The minimum Gasteiger partial charge on any atom is -0.365 e. The van der Waals surface area contributed by atoms with Crippen LogP contribution in [0, 0.1) is 18.3 Å². The van der Waals surface area contributed by atoms with E-state index in [2.05, 4.69) is 25.2 Å². The smallest absolute Gasteiger partial charge is 0.269 e. The Bertz CT molecular complexity index is 1560. The normalized spacial score (nSPS) is 14.4. The zero-order chi connectivity index (χ0) is 24.7. The fourth-order valence-electron chi connectivity index (χ4n) is 4.32.